The van der Waals surface area contributed by atoms with Crippen molar-refractivity contribution in [2.75, 3.05) is 20.7 Å². The van der Waals surface area contributed by atoms with Gasteiger partial charge in [-0.25, -0.2) is 0 Å². The number of ether oxygens (including phenoxy) is 1. The molecule has 8 heteroatoms. The Labute approximate surface area is 157 Å². The highest BCUT2D eigenvalue weighted by Crippen LogP contribution is 2.38. The molecule has 1 amide bonds. The second-order valence-electron chi connectivity index (χ2n) is 7.51. The molecule has 27 heavy (non-hydrogen) atoms. The van der Waals surface area contributed by atoms with E-state index in [1.165, 1.54) is 0 Å². The van der Waals surface area contributed by atoms with E-state index in [0.29, 0.717) is 30.8 Å². The van der Waals surface area contributed by atoms with Crippen molar-refractivity contribution < 1.29 is 14.6 Å². The molecule has 1 fully saturated rings. The number of likely N-dealkylation sites (N-methyl/N-ethyl adjacent to an activating group) is 1. The van der Waals surface area contributed by atoms with Crippen LogP contribution in [0, 0.1) is 5.92 Å². The van der Waals surface area contributed by atoms with Gasteiger partial charge >= 0.3 is 0 Å². The molecule has 0 bridgehead atoms. The Morgan fingerprint density at radius 3 is 3.00 bits per heavy atom. The highest BCUT2D eigenvalue weighted by atomic mass is 16.5. The zero-order chi connectivity index (χ0) is 19.0. The first-order valence-corrected chi connectivity index (χ1v) is 9.27. The van der Waals surface area contributed by atoms with Gasteiger partial charge in [-0.1, -0.05) is 0 Å². The second kappa shape index (κ2) is 7.28. The summed E-state index contributed by atoms with van der Waals surface area (Å²) in [5.74, 6) is 0.609. The number of carbonyl (C=O) groups excluding carboxylic acids is 1. The number of aromatic nitrogens is 3. The summed E-state index contributed by atoms with van der Waals surface area (Å²) in [4.78, 5) is 19.4. The Morgan fingerprint density at radius 2 is 2.26 bits per heavy atom. The summed E-state index contributed by atoms with van der Waals surface area (Å²) in [6, 6.07) is 1.65. The van der Waals surface area contributed by atoms with Crippen LogP contribution >= 0.6 is 0 Å². The Balaban J connectivity index is 1.58. The smallest absolute Gasteiger partial charge is 0.272 e. The first-order valence-electron chi connectivity index (χ1n) is 9.27. The van der Waals surface area contributed by atoms with Gasteiger partial charge in [-0.2, -0.15) is 5.10 Å². The van der Waals surface area contributed by atoms with E-state index in [4.69, 9.17) is 4.74 Å². The number of carbonyl (C=O) groups is 1. The molecule has 1 aliphatic heterocycles. The van der Waals surface area contributed by atoms with Crippen LogP contribution in [0.1, 0.15) is 46.2 Å². The van der Waals surface area contributed by atoms with Gasteiger partial charge in [0, 0.05) is 37.0 Å². The third-order valence-electron chi connectivity index (χ3n) is 5.58. The van der Waals surface area contributed by atoms with Gasteiger partial charge in [0.2, 0.25) is 0 Å². The fourth-order valence-corrected chi connectivity index (χ4v) is 3.92. The normalized spacial score (nSPS) is 23.2. The number of nitrogens with one attached hydrogen (secondary N) is 2. The molecule has 4 rings (SSSR count). The number of hydrogen-bond acceptors (Lipinski definition) is 6. The number of aliphatic hydroxyl groups excluding tert-OH is 1. The van der Waals surface area contributed by atoms with Crippen LogP contribution in [0.5, 0.6) is 5.75 Å². The molecular weight excluding hydrogens is 346 g/mol. The highest BCUT2D eigenvalue weighted by Gasteiger charge is 2.37. The minimum atomic E-state index is -0.306. The number of methoxy groups -OCH3 is 1. The molecule has 3 heterocycles. The van der Waals surface area contributed by atoms with Crippen LogP contribution in [0.15, 0.2) is 18.5 Å². The van der Waals surface area contributed by atoms with E-state index in [1.54, 1.807) is 19.5 Å². The summed E-state index contributed by atoms with van der Waals surface area (Å²) in [5, 5.41) is 20.2. The van der Waals surface area contributed by atoms with Crippen molar-refractivity contribution in [2.24, 2.45) is 5.92 Å². The molecule has 2 aromatic heterocycles. The molecule has 1 aliphatic carbocycles. The van der Waals surface area contributed by atoms with Crippen LogP contribution in [-0.4, -0.2) is 57.9 Å². The van der Waals surface area contributed by atoms with Gasteiger partial charge in [0.15, 0.2) is 5.69 Å². The lowest BCUT2D eigenvalue weighted by molar-refractivity contribution is 0.0233. The first-order chi connectivity index (χ1) is 13.0. The SMILES string of the molecule is COc1cncc([C@H](NC(=O)c2n[nH]c3c2CN(C)CC3)C2CC(O)C2)c1. The maximum Gasteiger partial charge on any atom is 0.272 e. The van der Waals surface area contributed by atoms with Gasteiger partial charge in [0.25, 0.3) is 5.91 Å². The van der Waals surface area contributed by atoms with Crippen LogP contribution in [0.3, 0.4) is 0 Å². The van der Waals surface area contributed by atoms with Crippen molar-refractivity contribution >= 4 is 5.91 Å². The monoisotopic (exact) mass is 371 g/mol. The summed E-state index contributed by atoms with van der Waals surface area (Å²) < 4.78 is 5.27. The van der Waals surface area contributed by atoms with Gasteiger partial charge in [0.1, 0.15) is 5.75 Å². The number of hydrogen-bond donors (Lipinski definition) is 3. The molecule has 2 aliphatic rings. The third-order valence-corrected chi connectivity index (χ3v) is 5.58. The molecule has 0 spiro atoms. The molecule has 3 N–H and O–H groups in total. The quantitative estimate of drug-likeness (QED) is 0.726. The van der Waals surface area contributed by atoms with E-state index in [-0.39, 0.29) is 24.0 Å². The molecule has 0 aromatic carbocycles. The van der Waals surface area contributed by atoms with E-state index in [0.717, 1.165) is 29.8 Å². The lowest BCUT2D eigenvalue weighted by Gasteiger charge is -2.38. The average Bonchev–Trinajstić information content (AvgIpc) is 3.07. The van der Waals surface area contributed by atoms with Gasteiger partial charge < -0.3 is 20.1 Å². The molecular formula is C19H25N5O3. The number of aromatic amines is 1. The topological polar surface area (TPSA) is 103 Å². The fraction of sp³-hybridized carbons (Fsp3) is 0.526. The number of aliphatic hydroxyl groups is 1. The van der Waals surface area contributed by atoms with Gasteiger partial charge in [-0.15, -0.1) is 0 Å². The van der Waals surface area contributed by atoms with Gasteiger partial charge in [-0.3, -0.25) is 14.9 Å². The Hall–Kier alpha value is -2.45. The summed E-state index contributed by atoms with van der Waals surface area (Å²) in [5.41, 5.74) is 3.34. The van der Waals surface area contributed by atoms with Crippen molar-refractivity contribution in [3.05, 3.63) is 41.0 Å². The molecule has 2 aromatic rings. The summed E-state index contributed by atoms with van der Waals surface area (Å²) in [7, 11) is 3.63. The maximum absolute atomic E-state index is 13.0. The van der Waals surface area contributed by atoms with Crippen LogP contribution in [0.2, 0.25) is 0 Å². The van der Waals surface area contributed by atoms with Crippen LogP contribution in [-0.2, 0) is 13.0 Å². The van der Waals surface area contributed by atoms with E-state index < -0.39 is 0 Å². The highest BCUT2D eigenvalue weighted by molar-refractivity contribution is 5.94. The van der Waals surface area contributed by atoms with E-state index >= 15 is 0 Å². The number of pyridine rings is 1. The van der Waals surface area contributed by atoms with Crippen LogP contribution in [0.4, 0.5) is 0 Å². The van der Waals surface area contributed by atoms with E-state index in [2.05, 4.69) is 25.4 Å². The van der Waals surface area contributed by atoms with E-state index in [1.807, 2.05) is 13.1 Å². The van der Waals surface area contributed by atoms with Crippen LogP contribution < -0.4 is 10.1 Å². The summed E-state index contributed by atoms with van der Waals surface area (Å²) in [6.45, 7) is 1.66. The van der Waals surface area contributed by atoms with Crippen LogP contribution in [0.25, 0.3) is 0 Å². The third kappa shape index (κ3) is 3.54. The minimum absolute atomic E-state index is 0.162. The lowest BCUT2D eigenvalue weighted by atomic mass is 9.75. The molecule has 1 atom stereocenters. The molecule has 144 valence electrons. The number of amides is 1. The maximum atomic E-state index is 13.0. The summed E-state index contributed by atoms with van der Waals surface area (Å²) >= 11 is 0. The fourth-order valence-electron chi connectivity index (χ4n) is 3.92. The minimum Gasteiger partial charge on any atom is -0.495 e. The Kier molecular flexibility index (Phi) is 4.84. The molecule has 8 nitrogen and oxygen atoms in total. The van der Waals surface area contributed by atoms with Crippen molar-refractivity contribution in [2.45, 2.75) is 38.0 Å². The van der Waals surface area contributed by atoms with Crippen molar-refractivity contribution in [3.63, 3.8) is 0 Å². The number of nitrogens with zero attached hydrogens (tertiary/aromatic N) is 3. The second-order valence-corrected chi connectivity index (χ2v) is 7.51. The molecule has 0 radical (unpaired) electrons. The summed E-state index contributed by atoms with van der Waals surface area (Å²) in [6.07, 6.45) is 5.25. The standard InChI is InChI=1S/C19H25N5O3/c1-24-4-3-16-15(10-24)18(23-22-16)19(26)21-17(11-5-13(25)6-11)12-7-14(27-2)9-20-8-12/h7-9,11,13,17,25H,3-6,10H2,1-2H3,(H,21,26)(H,22,23)/t11?,13?,17-/m1/s1. The predicted octanol–water partition coefficient (Wildman–Crippen LogP) is 1.04. The number of fused-ring (bicyclic) bond motifs is 1. The molecule has 0 unspecified atom stereocenters. The predicted molar refractivity (Wildman–Crippen MR) is 98.4 cm³/mol. The molecule has 1 saturated carbocycles. The number of H-pyrrole nitrogens is 1. The average molecular weight is 371 g/mol. The van der Waals surface area contributed by atoms with Crippen molar-refractivity contribution in [1.82, 2.24) is 25.4 Å². The largest absolute Gasteiger partial charge is 0.495 e. The Bertz CT molecular complexity index is 831. The first kappa shape index (κ1) is 17.9. The molecule has 0 saturated heterocycles. The van der Waals surface area contributed by atoms with Gasteiger partial charge in [-0.05, 0) is 37.4 Å². The van der Waals surface area contributed by atoms with E-state index in [9.17, 15) is 9.90 Å². The zero-order valence-electron chi connectivity index (χ0n) is 15.6. The van der Waals surface area contributed by atoms with Crippen molar-refractivity contribution in [1.29, 1.82) is 0 Å². The van der Waals surface area contributed by atoms with Gasteiger partial charge in [0.05, 0.1) is 25.5 Å². The Morgan fingerprint density at radius 1 is 1.44 bits per heavy atom. The zero-order valence-corrected chi connectivity index (χ0v) is 15.6. The van der Waals surface area contributed by atoms with Crippen molar-refractivity contribution in [3.8, 4) is 5.75 Å². The lowest BCUT2D eigenvalue weighted by Crippen LogP contribution is -2.42. The number of rotatable bonds is 5.